The molecule has 0 saturated heterocycles. The van der Waals surface area contributed by atoms with Crippen LogP contribution in [0.2, 0.25) is 0 Å². The maximum atomic E-state index is 12.4. The van der Waals surface area contributed by atoms with Gasteiger partial charge in [0.1, 0.15) is 12.3 Å². The number of carbonyl (C=O) groups is 1. The van der Waals surface area contributed by atoms with Gasteiger partial charge in [-0.05, 0) is 62.7 Å². The van der Waals surface area contributed by atoms with E-state index in [9.17, 15) is 13.2 Å². The fraction of sp³-hybridized carbons (Fsp3) is 0.250. The van der Waals surface area contributed by atoms with Gasteiger partial charge < -0.3 is 9.30 Å². The quantitative estimate of drug-likeness (QED) is 0.405. The number of nitrogens with zero attached hydrogens (tertiary/aromatic N) is 3. The minimum Gasteiger partial charge on any atom is -0.497 e. The highest BCUT2D eigenvalue weighted by Gasteiger charge is 2.21. The predicted octanol–water partition coefficient (Wildman–Crippen LogP) is 3.33. The summed E-state index contributed by atoms with van der Waals surface area (Å²) >= 11 is 0. The maximum Gasteiger partial charge on any atom is 0.260 e. The van der Waals surface area contributed by atoms with Gasteiger partial charge in [-0.1, -0.05) is 18.2 Å². The molecule has 174 valence electrons. The largest absolute Gasteiger partial charge is 0.497 e. The molecule has 0 aliphatic heterocycles. The second-order valence-electron chi connectivity index (χ2n) is 7.71. The van der Waals surface area contributed by atoms with Crippen molar-refractivity contribution in [1.29, 1.82) is 0 Å². The first kappa shape index (κ1) is 24.1. The van der Waals surface area contributed by atoms with Crippen LogP contribution < -0.4 is 14.5 Å². The van der Waals surface area contributed by atoms with Crippen LogP contribution >= 0.6 is 0 Å². The number of benzene rings is 2. The number of rotatable bonds is 8. The maximum absolute atomic E-state index is 12.4. The van der Waals surface area contributed by atoms with Crippen molar-refractivity contribution in [2.75, 3.05) is 24.2 Å². The summed E-state index contributed by atoms with van der Waals surface area (Å²) in [5, 5.41) is 4.05. The van der Waals surface area contributed by atoms with Gasteiger partial charge in [0.05, 0.1) is 25.3 Å². The predicted molar refractivity (Wildman–Crippen MR) is 131 cm³/mol. The molecule has 0 fully saturated rings. The first-order valence-corrected chi connectivity index (χ1v) is 12.1. The van der Waals surface area contributed by atoms with Gasteiger partial charge in [-0.25, -0.2) is 13.8 Å². The molecule has 0 aliphatic rings. The van der Waals surface area contributed by atoms with Crippen LogP contribution in [0.25, 0.3) is 5.69 Å². The van der Waals surface area contributed by atoms with Crippen LogP contribution in [0.1, 0.15) is 22.5 Å². The zero-order valence-electron chi connectivity index (χ0n) is 19.4. The van der Waals surface area contributed by atoms with Gasteiger partial charge in [0.15, 0.2) is 0 Å². The molecule has 0 saturated carbocycles. The van der Waals surface area contributed by atoms with E-state index in [2.05, 4.69) is 34.2 Å². The van der Waals surface area contributed by atoms with Crippen molar-refractivity contribution in [3.05, 3.63) is 77.1 Å². The molecule has 9 heteroatoms. The number of methoxy groups -OCH3 is 1. The van der Waals surface area contributed by atoms with Gasteiger partial charge >= 0.3 is 0 Å². The second kappa shape index (κ2) is 9.91. The Morgan fingerprint density at radius 2 is 1.79 bits per heavy atom. The van der Waals surface area contributed by atoms with E-state index in [0.29, 0.717) is 11.4 Å². The van der Waals surface area contributed by atoms with Gasteiger partial charge in [-0.15, -0.1) is 0 Å². The van der Waals surface area contributed by atoms with E-state index in [1.54, 1.807) is 30.5 Å². The average Bonchev–Trinajstić information content (AvgIpc) is 3.05. The van der Waals surface area contributed by atoms with E-state index < -0.39 is 22.5 Å². The van der Waals surface area contributed by atoms with Crippen molar-refractivity contribution in [3.63, 3.8) is 0 Å². The molecule has 33 heavy (non-hydrogen) atoms. The lowest BCUT2D eigenvalue weighted by Gasteiger charge is -2.21. The molecule has 1 N–H and O–H groups in total. The number of hydrogen-bond donors (Lipinski definition) is 1. The number of hydrogen-bond acceptors (Lipinski definition) is 5. The van der Waals surface area contributed by atoms with Crippen LogP contribution in [0.4, 0.5) is 5.69 Å². The summed E-state index contributed by atoms with van der Waals surface area (Å²) in [7, 11) is -2.16. The molecular formula is C24H28N4O4S. The molecule has 0 unspecified atom stereocenters. The fourth-order valence-corrected chi connectivity index (χ4v) is 4.45. The summed E-state index contributed by atoms with van der Waals surface area (Å²) in [6.45, 7) is 5.65. The Balaban J connectivity index is 1.74. The number of hydrazone groups is 1. The van der Waals surface area contributed by atoms with Crippen LogP contribution in [0.5, 0.6) is 5.75 Å². The molecule has 1 aromatic heterocycles. The van der Waals surface area contributed by atoms with Gasteiger partial charge in [-0.3, -0.25) is 9.10 Å². The minimum absolute atomic E-state index is 0.360. The standard InChI is InChI=1S/C24H28N4O4S/c1-17-8-6-7-9-23(17)28-18(2)14-20(19(28)3)15-25-26-24(29)16-27(33(5,30)31)21-10-12-22(32-4)13-11-21/h6-15H,16H2,1-5H3,(H,26,29)/b25-15-. The summed E-state index contributed by atoms with van der Waals surface area (Å²) in [6.07, 6.45) is 2.61. The summed E-state index contributed by atoms with van der Waals surface area (Å²) in [5.41, 5.74) is 7.89. The van der Waals surface area contributed by atoms with E-state index in [1.807, 2.05) is 32.0 Å². The SMILES string of the molecule is COc1ccc(N(CC(=O)N/N=C\c2cc(C)n(-c3ccccc3C)c2C)S(C)(=O)=O)cc1. The van der Waals surface area contributed by atoms with Crippen LogP contribution in [0.3, 0.4) is 0 Å². The van der Waals surface area contributed by atoms with E-state index >= 15 is 0 Å². The van der Waals surface area contributed by atoms with Crippen LogP contribution in [0.15, 0.2) is 59.7 Å². The van der Waals surface area contributed by atoms with Crippen LogP contribution in [0, 0.1) is 20.8 Å². The first-order chi connectivity index (χ1) is 15.6. The van der Waals surface area contributed by atoms with Gasteiger partial charge in [0.2, 0.25) is 10.0 Å². The topological polar surface area (TPSA) is 93.0 Å². The van der Waals surface area contributed by atoms with Crippen LogP contribution in [-0.4, -0.2) is 45.0 Å². The highest BCUT2D eigenvalue weighted by atomic mass is 32.2. The third kappa shape index (κ3) is 5.61. The molecule has 0 atom stereocenters. The Bertz CT molecular complexity index is 1280. The highest BCUT2D eigenvalue weighted by molar-refractivity contribution is 7.92. The number of nitrogens with one attached hydrogen (secondary N) is 1. The van der Waals surface area contributed by atoms with E-state index in [0.717, 1.165) is 38.8 Å². The molecule has 0 spiro atoms. The summed E-state index contributed by atoms with van der Waals surface area (Å²) in [5.74, 6) is 0.0322. The summed E-state index contributed by atoms with van der Waals surface area (Å²) in [4.78, 5) is 12.4. The van der Waals surface area contributed by atoms with Crippen LogP contribution in [-0.2, 0) is 14.8 Å². The Kier molecular flexibility index (Phi) is 7.23. The van der Waals surface area contributed by atoms with Gasteiger partial charge in [-0.2, -0.15) is 5.10 Å². The monoisotopic (exact) mass is 468 g/mol. The molecule has 3 rings (SSSR count). The zero-order valence-corrected chi connectivity index (χ0v) is 20.2. The fourth-order valence-electron chi connectivity index (χ4n) is 3.59. The summed E-state index contributed by atoms with van der Waals surface area (Å²) in [6, 6.07) is 16.5. The number of carbonyl (C=O) groups excluding carboxylic acids is 1. The third-order valence-electron chi connectivity index (χ3n) is 5.27. The van der Waals surface area contributed by atoms with Crippen molar-refractivity contribution in [2.24, 2.45) is 5.10 Å². The van der Waals surface area contributed by atoms with Crippen molar-refractivity contribution >= 4 is 27.8 Å². The zero-order chi connectivity index (χ0) is 24.2. The Morgan fingerprint density at radius 1 is 1.12 bits per heavy atom. The number of aryl methyl sites for hydroxylation is 2. The number of ether oxygens (including phenoxy) is 1. The molecule has 1 heterocycles. The number of amides is 1. The minimum atomic E-state index is -3.68. The normalized spacial score (nSPS) is 11.5. The van der Waals surface area contributed by atoms with Gasteiger partial charge in [0, 0.05) is 22.6 Å². The average molecular weight is 469 g/mol. The number of para-hydroxylation sites is 1. The van der Waals surface area contributed by atoms with E-state index in [4.69, 9.17) is 4.74 Å². The molecule has 1 amide bonds. The van der Waals surface area contributed by atoms with Crippen molar-refractivity contribution in [2.45, 2.75) is 20.8 Å². The molecule has 0 radical (unpaired) electrons. The van der Waals surface area contributed by atoms with Crippen molar-refractivity contribution < 1.29 is 17.9 Å². The Labute approximate surface area is 194 Å². The van der Waals surface area contributed by atoms with Crippen molar-refractivity contribution in [3.8, 4) is 11.4 Å². The molecule has 8 nitrogen and oxygen atoms in total. The van der Waals surface area contributed by atoms with E-state index in [-0.39, 0.29) is 0 Å². The lowest BCUT2D eigenvalue weighted by atomic mass is 10.2. The summed E-state index contributed by atoms with van der Waals surface area (Å²) < 4.78 is 32.7. The molecule has 2 aromatic carbocycles. The molecular weight excluding hydrogens is 440 g/mol. The lowest BCUT2D eigenvalue weighted by molar-refractivity contribution is -0.119. The number of aromatic nitrogens is 1. The number of sulfonamides is 1. The first-order valence-electron chi connectivity index (χ1n) is 10.3. The molecule has 0 bridgehead atoms. The van der Waals surface area contributed by atoms with Crippen molar-refractivity contribution in [1.82, 2.24) is 9.99 Å². The molecule has 3 aromatic rings. The second-order valence-corrected chi connectivity index (χ2v) is 9.62. The lowest BCUT2D eigenvalue weighted by Crippen LogP contribution is -2.39. The Hall–Kier alpha value is -3.59. The number of anilines is 1. The molecule has 0 aliphatic carbocycles. The van der Waals surface area contributed by atoms with Gasteiger partial charge in [0.25, 0.3) is 5.91 Å². The Morgan fingerprint density at radius 3 is 2.39 bits per heavy atom. The van der Waals surface area contributed by atoms with E-state index in [1.165, 1.54) is 7.11 Å². The smallest absolute Gasteiger partial charge is 0.260 e. The third-order valence-corrected chi connectivity index (χ3v) is 6.41. The highest BCUT2D eigenvalue weighted by Crippen LogP contribution is 2.23.